The van der Waals surface area contributed by atoms with Crippen LogP contribution in [0.15, 0.2) is 30.3 Å². The molecule has 0 spiro atoms. The second-order valence-electron chi connectivity index (χ2n) is 2.34. The fourth-order valence-electron chi connectivity index (χ4n) is 0.783. The predicted octanol–water partition coefficient (Wildman–Crippen LogP) is 2.99. The fraction of sp³-hybridized carbons (Fsp3) is 0.333. The SMILES string of the molecule is FC(Cl)CCOc1ccccc1. The van der Waals surface area contributed by atoms with Gasteiger partial charge in [-0.15, -0.1) is 0 Å². The van der Waals surface area contributed by atoms with Gasteiger partial charge >= 0.3 is 0 Å². The topological polar surface area (TPSA) is 9.23 Å². The van der Waals surface area contributed by atoms with E-state index in [2.05, 4.69) is 0 Å². The molecule has 0 bridgehead atoms. The highest BCUT2D eigenvalue weighted by Crippen LogP contribution is 2.10. The van der Waals surface area contributed by atoms with Crippen LogP contribution in [-0.2, 0) is 0 Å². The van der Waals surface area contributed by atoms with E-state index < -0.39 is 5.63 Å². The maximum absolute atomic E-state index is 12.1. The van der Waals surface area contributed by atoms with Crippen LogP contribution in [-0.4, -0.2) is 12.2 Å². The highest BCUT2D eigenvalue weighted by atomic mass is 35.5. The summed E-state index contributed by atoms with van der Waals surface area (Å²) in [5.41, 5.74) is -1.31. The highest BCUT2D eigenvalue weighted by Gasteiger charge is 1.99. The summed E-state index contributed by atoms with van der Waals surface area (Å²) in [6, 6.07) is 9.27. The molecule has 1 aromatic carbocycles. The maximum Gasteiger partial charge on any atom is 0.176 e. The minimum Gasteiger partial charge on any atom is -0.493 e. The van der Waals surface area contributed by atoms with Crippen LogP contribution in [0.2, 0.25) is 0 Å². The molecular formula is C9H10ClFO. The molecule has 0 fully saturated rings. The average Bonchev–Trinajstić information content (AvgIpc) is 2.05. The van der Waals surface area contributed by atoms with Gasteiger partial charge in [-0.1, -0.05) is 29.8 Å². The molecule has 0 radical (unpaired) electrons. The maximum atomic E-state index is 12.1. The number of para-hydroxylation sites is 1. The minimum atomic E-state index is -1.31. The lowest BCUT2D eigenvalue weighted by Crippen LogP contribution is -2.01. The molecule has 1 rings (SSSR count). The van der Waals surface area contributed by atoms with Crippen molar-refractivity contribution in [3.05, 3.63) is 30.3 Å². The van der Waals surface area contributed by atoms with Gasteiger partial charge in [-0.3, -0.25) is 0 Å². The van der Waals surface area contributed by atoms with Crippen LogP contribution in [0.3, 0.4) is 0 Å². The molecule has 0 aliphatic rings. The molecule has 3 heteroatoms. The summed E-state index contributed by atoms with van der Waals surface area (Å²) in [7, 11) is 0. The lowest BCUT2D eigenvalue weighted by atomic mass is 10.3. The standard InChI is InChI=1S/C9H10ClFO/c10-9(11)6-7-12-8-4-2-1-3-5-8/h1-5,9H,6-7H2. The minimum absolute atomic E-state index is 0.219. The Morgan fingerprint density at radius 2 is 2.00 bits per heavy atom. The summed E-state index contributed by atoms with van der Waals surface area (Å²) < 4.78 is 17.3. The third-order valence-electron chi connectivity index (χ3n) is 1.35. The van der Waals surface area contributed by atoms with Crippen molar-refractivity contribution in [2.24, 2.45) is 0 Å². The van der Waals surface area contributed by atoms with Gasteiger partial charge in [-0.05, 0) is 12.1 Å². The number of halogens is 2. The zero-order valence-electron chi connectivity index (χ0n) is 6.54. The monoisotopic (exact) mass is 188 g/mol. The van der Waals surface area contributed by atoms with Gasteiger partial charge in [0.2, 0.25) is 0 Å². The van der Waals surface area contributed by atoms with Crippen LogP contribution in [0, 0.1) is 0 Å². The van der Waals surface area contributed by atoms with Gasteiger partial charge in [0, 0.05) is 6.42 Å². The molecule has 1 aromatic rings. The van der Waals surface area contributed by atoms with Crippen LogP contribution in [0.4, 0.5) is 4.39 Å². The van der Waals surface area contributed by atoms with E-state index >= 15 is 0 Å². The summed E-state index contributed by atoms with van der Waals surface area (Å²) in [6.45, 7) is 0.314. The Morgan fingerprint density at radius 3 is 2.58 bits per heavy atom. The number of hydrogen-bond acceptors (Lipinski definition) is 1. The van der Waals surface area contributed by atoms with Gasteiger partial charge < -0.3 is 4.74 Å². The molecule has 0 amide bonds. The smallest absolute Gasteiger partial charge is 0.176 e. The Labute approximate surface area is 76.1 Å². The Bertz CT molecular complexity index is 213. The van der Waals surface area contributed by atoms with E-state index in [9.17, 15) is 4.39 Å². The van der Waals surface area contributed by atoms with Crippen molar-refractivity contribution in [3.8, 4) is 5.75 Å². The summed E-state index contributed by atoms with van der Waals surface area (Å²) in [6.07, 6.45) is 0.219. The van der Waals surface area contributed by atoms with E-state index in [0.717, 1.165) is 5.75 Å². The van der Waals surface area contributed by atoms with E-state index in [1.54, 1.807) is 0 Å². The molecular weight excluding hydrogens is 179 g/mol. The van der Waals surface area contributed by atoms with Crippen molar-refractivity contribution in [3.63, 3.8) is 0 Å². The fourth-order valence-corrected chi connectivity index (χ4v) is 0.872. The number of benzene rings is 1. The van der Waals surface area contributed by atoms with Crippen molar-refractivity contribution >= 4 is 11.6 Å². The summed E-state index contributed by atoms with van der Waals surface area (Å²) in [4.78, 5) is 0. The second kappa shape index (κ2) is 4.99. The molecule has 1 unspecified atom stereocenters. The van der Waals surface area contributed by atoms with Crippen molar-refractivity contribution < 1.29 is 9.13 Å². The first kappa shape index (κ1) is 9.33. The summed E-state index contributed by atoms with van der Waals surface area (Å²) >= 11 is 5.10. The van der Waals surface area contributed by atoms with Crippen LogP contribution >= 0.6 is 11.6 Å². The van der Waals surface area contributed by atoms with Gasteiger partial charge in [0.15, 0.2) is 5.63 Å². The zero-order chi connectivity index (χ0) is 8.81. The van der Waals surface area contributed by atoms with Gasteiger partial charge in [0.25, 0.3) is 0 Å². The van der Waals surface area contributed by atoms with E-state index in [-0.39, 0.29) is 6.42 Å². The molecule has 0 aliphatic heterocycles. The van der Waals surface area contributed by atoms with Crippen molar-refractivity contribution in [2.75, 3.05) is 6.61 Å². The van der Waals surface area contributed by atoms with Crippen molar-refractivity contribution in [1.82, 2.24) is 0 Å². The first-order valence-corrected chi connectivity index (χ1v) is 4.18. The molecule has 0 N–H and O–H groups in total. The van der Waals surface area contributed by atoms with Crippen LogP contribution in [0.5, 0.6) is 5.75 Å². The van der Waals surface area contributed by atoms with Gasteiger partial charge in [0.05, 0.1) is 6.61 Å². The third kappa shape index (κ3) is 3.58. The Kier molecular flexibility index (Phi) is 3.88. The molecule has 0 heterocycles. The molecule has 1 atom stereocenters. The largest absolute Gasteiger partial charge is 0.493 e. The van der Waals surface area contributed by atoms with Crippen LogP contribution in [0.1, 0.15) is 6.42 Å². The number of hydrogen-bond donors (Lipinski definition) is 0. The highest BCUT2D eigenvalue weighted by molar-refractivity contribution is 6.19. The normalized spacial score (nSPS) is 12.5. The average molecular weight is 189 g/mol. The molecule has 0 aliphatic carbocycles. The summed E-state index contributed by atoms with van der Waals surface area (Å²) in [5.74, 6) is 0.745. The molecule has 0 saturated heterocycles. The van der Waals surface area contributed by atoms with E-state index in [1.807, 2.05) is 30.3 Å². The molecule has 0 aromatic heterocycles. The molecule has 12 heavy (non-hydrogen) atoms. The molecule has 0 saturated carbocycles. The Balaban J connectivity index is 2.25. The lowest BCUT2D eigenvalue weighted by molar-refractivity contribution is 0.276. The van der Waals surface area contributed by atoms with Crippen molar-refractivity contribution in [2.45, 2.75) is 12.1 Å². The third-order valence-corrected chi connectivity index (χ3v) is 1.57. The number of alkyl halides is 2. The van der Waals surface area contributed by atoms with Crippen molar-refractivity contribution in [1.29, 1.82) is 0 Å². The van der Waals surface area contributed by atoms with E-state index in [1.165, 1.54) is 0 Å². The van der Waals surface area contributed by atoms with E-state index in [4.69, 9.17) is 16.3 Å². The van der Waals surface area contributed by atoms with E-state index in [0.29, 0.717) is 6.61 Å². The van der Waals surface area contributed by atoms with Crippen LogP contribution in [0.25, 0.3) is 0 Å². The zero-order valence-corrected chi connectivity index (χ0v) is 7.30. The quantitative estimate of drug-likeness (QED) is 0.661. The van der Waals surface area contributed by atoms with Gasteiger partial charge in [0.1, 0.15) is 5.75 Å². The number of ether oxygens (including phenoxy) is 1. The number of rotatable bonds is 4. The first-order chi connectivity index (χ1) is 5.79. The molecule has 66 valence electrons. The Morgan fingerprint density at radius 1 is 1.33 bits per heavy atom. The van der Waals surface area contributed by atoms with Gasteiger partial charge in [-0.25, -0.2) is 4.39 Å². The predicted molar refractivity (Wildman–Crippen MR) is 47.3 cm³/mol. The molecule has 1 nitrogen and oxygen atoms in total. The van der Waals surface area contributed by atoms with Gasteiger partial charge in [-0.2, -0.15) is 0 Å². The Hall–Kier alpha value is -0.760. The van der Waals surface area contributed by atoms with Crippen LogP contribution < -0.4 is 4.74 Å². The second-order valence-corrected chi connectivity index (χ2v) is 2.81. The lowest BCUT2D eigenvalue weighted by Gasteiger charge is -2.04. The first-order valence-electron chi connectivity index (χ1n) is 3.75. The summed E-state index contributed by atoms with van der Waals surface area (Å²) in [5, 5.41) is 0.